The van der Waals surface area contributed by atoms with Gasteiger partial charge in [0.25, 0.3) is 0 Å². The van der Waals surface area contributed by atoms with Crippen LogP contribution in [0.2, 0.25) is 0 Å². The minimum Gasteiger partial charge on any atom is -0.462 e. The van der Waals surface area contributed by atoms with Crippen LogP contribution in [0.3, 0.4) is 0 Å². The zero-order valence-corrected chi connectivity index (χ0v) is 46.4. The number of unbranched alkanes of at least 4 members (excludes halogenated alkanes) is 11. The molecule has 0 rings (SSSR count). The van der Waals surface area contributed by atoms with E-state index in [0.29, 0.717) is 12.8 Å². The fraction of sp³-hybridized carbons (Fsp3) is 0.556. The predicted molar refractivity (Wildman–Crippen MR) is 311 cm³/mol. The molecule has 0 saturated heterocycles. The van der Waals surface area contributed by atoms with Gasteiger partial charge in [0, 0.05) is 19.4 Å². The van der Waals surface area contributed by atoms with Crippen LogP contribution in [0.25, 0.3) is 0 Å². The monoisotopic (exact) mass is 1030 g/mol. The Bertz CT molecular complexity index is 1740. The van der Waals surface area contributed by atoms with Crippen molar-refractivity contribution < 1.29 is 37.6 Å². The Morgan fingerprint density at radius 2 is 0.712 bits per heavy atom. The van der Waals surface area contributed by atoms with Crippen LogP contribution in [0.5, 0.6) is 0 Å². The van der Waals surface area contributed by atoms with Crippen LogP contribution in [-0.2, 0) is 32.7 Å². The Labute approximate surface area is 445 Å². The molecule has 0 aromatic heterocycles. The summed E-state index contributed by atoms with van der Waals surface area (Å²) in [6, 6.07) is 0. The number of carbonyl (C=O) groups excluding carboxylic acids is 2. The van der Waals surface area contributed by atoms with E-state index in [-0.39, 0.29) is 32.6 Å². The SMILES string of the molecule is CC/C=C\C/C=C\C/C=C\C/C=C\C/C=C\C/C=C\C/C=C\CCCCCCCCCC(=O)OC(COC(=O)CCCCCC/C=C\C/C=C\C/C=C\C/C=C\C/C=C\C/C=C\CC)COP(=O)(O)OCCN. The third-order valence-electron chi connectivity index (χ3n) is 10.9. The lowest BCUT2D eigenvalue weighted by atomic mass is 10.1. The lowest BCUT2D eigenvalue weighted by molar-refractivity contribution is -0.161. The summed E-state index contributed by atoms with van der Waals surface area (Å²) in [5, 5.41) is 0. The fourth-order valence-electron chi connectivity index (χ4n) is 6.85. The molecule has 0 bridgehead atoms. The van der Waals surface area contributed by atoms with E-state index < -0.39 is 32.5 Å². The van der Waals surface area contributed by atoms with E-state index in [0.717, 1.165) is 141 Å². The normalized spacial score (nSPS) is 14.3. The van der Waals surface area contributed by atoms with E-state index in [2.05, 4.69) is 172 Å². The minimum atomic E-state index is -4.41. The van der Waals surface area contributed by atoms with Crippen molar-refractivity contribution in [2.24, 2.45) is 5.73 Å². The summed E-state index contributed by atoms with van der Waals surface area (Å²) in [6.45, 7) is 3.44. The van der Waals surface area contributed by atoms with Gasteiger partial charge in [-0.15, -0.1) is 0 Å². The van der Waals surface area contributed by atoms with Gasteiger partial charge in [-0.05, 0) is 122 Å². The molecule has 0 aromatic rings. The van der Waals surface area contributed by atoms with Gasteiger partial charge in [-0.1, -0.05) is 217 Å². The van der Waals surface area contributed by atoms with Gasteiger partial charge in [-0.25, -0.2) is 4.57 Å². The Hall–Kier alpha value is -4.37. The molecule has 0 amide bonds. The minimum absolute atomic E-state index is 0.0378. The third-order valence-corrected chi connectivity index (χ3v) is 11.9. The Kier molecular flexibility index (Phi) is 53.5. The number of carbonyl (C=O) groups is 2. The molecule has 410 valence electrons. The molecule has 0 heterocycles. The second-order valence-corrected chi connectivity index (χ2v) is 19.1. The first-order valence-corrected chi connectivity index (χ1v) is 29.5. The maximum absolute atomic E-state index is 12.7. The average Bonchev–Trinajstić information content (AvgIpc) is 3.38. The standard InChI is InChI=1S/C63H100NO8P/c1-3-5-7-9-11-13-15-17-19-21-23-25-27-28-29-30-31-32-34-36-38-40-42-44-46-48-50-52-54-56-63(66)72-61(60-71-73(67,68)70-58-57-64)59-69-62(65)55-53-51-49-47-45-43-41-39-37-35-33-26-24-22-20-18-16-14-12-10-8-6-4-2/h5-8,11-14,17-20,23-26,28-29,31-32,35-38,41,43,61H,3-4,9-10,15-16,21-22,27,30,33-34,39-40,42,44-60,64H2,1-2H3,(H,67,68)/b7-5-,8-6-,13-11-,14-12-,19-17-,20-18-,25-23-,26-24-,29-28-,32-31-,37-35-,38-36-,43-41-. The molecule has 0 saturated carbocycles. The zero-order chi connectivity index (χ0) is 53.1. The number of esters is 2. The van der Waals surface area contributed by atoms with Crippen molar-refractivity contribution in [1.29, 1.82) is 0 Å². The van der Waals surface area contributed by atoms with Crippen LogP contribution in [0, 0.1) is 0 Å². The molecular formula is C63H100NO8P. The second-order valence-electron chi connectivity index (χ2n) is 17.7. The molecule has 73 heavy (non-hydrogen) atoms. The van der Waals surface area contributed by atoms with E-state index in [1.807, 2.05) is 0 Å². The largest absolute Gasteiger partial charge is 0.472 e. The summed E-state index contributed by atoms with van der Waals surface area (Å²) in [4.78, 5) is 35.2. The fourth-order valence-corrected chi connectivity index (χ4v) is 7.62. The summed E-state index contributed by atoms with van der Waals surface area (Å²) in [5.41, 5.74) is 5.38. The van der Waals surface area contributed by atoms with Gasteiger partial charge < -0.3 is 20.1 Å². The van der Waals surface area contributed by atoms with Crippen molar-refractivity contribution in [3.8, 4) is 0 Å². The smallest absolute Gasteiger partial charge is 0.462 e. The number of ether oxygens (including phenoxy) is 2. The van der Waals surface area contributed by atoms with Crippen LogP contribution in [0.15, 0.2) is 158 Å². The van der Waals surface area contributed by atoms with Crippen LogP contribution >= 0.6 is 7.82 Å². The number of hydrogen-bond donors (Lipinski definition) is 2. The number of phosphoric acid groups is 1. The van der Waals surface area contributed by atoms with E-state index >= 15 is 0 Å². The number of nitrogens with two attached hydrogens (primary N) is 1. The number of phosphoric ester groups is 1. The first-order chi connectivity index (χ1) is 35.8. The summed E-state index contributed by atoms with van der Waals surface area (Å²) < 4.78 is 33.0. The highest BCUT2D eigenvalue weighted by molar-refractivity contribution is 7.47. The van der Waals surface area contributed by atoms with Gasteiger partial charge in [0.15, 0.2) is 6.10 Å². The van der Waals surface area contributed by atoms with Crippen molar-refractivity contribution in [3.05, 3.63) is 158 Å². The molecule has 2 atom stereocenters. The van der Waals surface area contributed by atoms with Crippen molar-refractivity contribution in [1.82, 2.24) is 0 Å². The van der Waals surface area contributed by atoms with Gasteiger partial charge in [-0.2, -0.15) is 0 Å². The molecule has 0 radical (unpaired) electrons. The van der Waals surface area contributed by atoms with Gasteiger partial charge in [-0.3, -0.25) is 18.6 Å². The second kappa shape index (κ2) is 56.9. The Morgan fingerprint density at radius 3 is 1.05 bits per heavy atom. The zero-order valence-electron chi connectivity index (χ0n) is 45.5. The molecule has 0 aromatic carbocycles. The summed E-state index contributed by atoms with van der Waals surface area (Å²) in [6.07, 6.45) is 82.8. The predicted octanol–water partition coefficient (Wildman–Crippen LogP) is 17.7. The molecule has 2 unspecified atom stereocenters. The van der Waals surface area contributed by atoms with E-state index in [4.69, 9.17) is 24.3 Å². The number of hydrogen-bond acceptors (Lipinski definition) is 8. The molecule has 9 nitrogen and oxygen atoms in total. The lowest BCUT2D eigenvalue weighted by Gasteiger charge is -2.19. The van der Waals surface area contributed by atoms with Crippen LogP contribution < -0.4 is 5.73 Å². The average molecular weight is 1030 g/mol. The van der Waals surface area contributed by atoms with E-state index in [1.54, 1.807) is 0 Å². The maximum atomic E-state index is 12.7. The van der Waals surface area contributed by atoms with Gasteiger partial charge in [0.2, 0.25) is 0 Å². The molecule has 0 spiro atoms. The molecule has 10 heteroatoms. The highest BCUT2D eigenvalue weighted by Crippen LogP contribution is 2.43. The molecule has 3 N–H and O–H groups in total. The molecule has 0 aliphatic rings. The molecular weight excluding hydrogens is 930 g/mol. The van der Waals surface area contributed by atoms with Crippen LogP contribution in [-0.4, -0.2) is 49.3 Å². The van der Waals surface area contributed by atoms with E-state index in [1.165, 1.54) is 12.8 Å². The summed E-state index contributed by atoms with van der Waals surface area (Å²) in [5.74, 6) is -0.885. The maximum Gasteiger partial charge on any atom is 0.472 e. The van der Waals surface area contributed by atoms with Crippen molar-refractivity contribution >= 4 is 19.8 Å². The third kappa shape index (κ3) is 56.8. The highest BCUT2D eigenvalue weighted by Gasteiger charge is 2.26. The highest BCUT2D eigenvalue weighted by atomic mass is 31.2. The summed E-state index contributed by atoms with van der Waals surface area (Å²) >= 11 is 0. The van der Waals surface area contributed by atoms with Crippen LogP contribution in [0.1, 0.15) is 194 Å². The van der Waals surface area contributed by atoms with Gasteiger partial charge >= 0.3 is 19.8 Å². The molecule has 0 aliphatic heterocycles. The first kappa shape index (κ1) is 68.6. The lowest BCUT2D eigenvalue weighted by Crippen LogP contribution is -2.29. The van der Waals surface area contributed by atoms with Crippen molar-refractivity contribution in [2.75, 3.05) is 26.4 Å². The molecule has 0 fully saturated rings. The van der Waals surface area contributed by atoms with Crippen LogP contribution in [0.4, 0.5) is 0 Å². The topological polar surface area (TPSA) is 134 Å². The van der Waals surface area contributed by atoms with Gasteiger partial charge in [0.05, 0.1) is 13.2 Å². The van der Waals surface area contributed by atoms with E-state index in [9.17, 15) is 19.0 Å². The Morgan fingerprint density at radius 1 is 0.411 bits per heavy atom. The van der Waals surface area contributed by atoms with Gasteiger partial charge in [0.1, 0.15) is 6.61 Å². The number of allylic oxidation sites excluding steroid dienone is 26. The van der Waals surface area contributed by atoms with Crippen molar-refractivity contribution in [3.63, 3.8) is 0 Å². The summed E-state index contributed by atoms with van der Waals surface area (Å²) in [7, 11) is -4.41. The first-order valence-electron chi connectivity index (χ1n) is 28.0. The van der Waals surface area contributed by atoms with Crippen molar-refractivity contribution in [2.45, 2.75) is 200 Å². The molecule has 0 aliphatic carbocycles. The quantitative estimate of drug-likeness (QED) is 0.0264. The number of rotatable bonds is 50. The Balaban J connectivity index is 4.15.